The molecule has 1 aromatic heterocycles. The highest BCUT2D eigenvalue weighted by Gasteiger charge is 2.16. The fraction of sp³-hybridized carbons (Fsp3) is 0.273. The fourth-order valence-corrected chi connectivity index (χ4v) is 2.88. The van der Waals surface area contributed by atoms with Gasteiger partial charge in [0, 0.05) is 18.3 Å². The number of hydrogen-bond donors (Lipinski definition) is 1. The number of nitrogens with one attached hydrogen (secondary N) is 1. The molecule has 0 spiro atoms. The van der Waals surface area contributed by atoms with E-state index in [-0.39, 0.29) is 11.3 Å². The number of nitrogens with zero attached hydrogens (tertiary/aromatic N) is 2. The molecule has 26 heavy (non-hydrogen) atoms. The number of hydrogen-bond acceptors (Lipinski definition) is 2. The lowest BCUT2D eigenvalue weighted by Crippen LogP contribution is -2.16. The number of carbonyl (C=O) groups excluding carboxylic acids is 1. The van der Waals surface area contributed by atoms with Crippen molar-refractivity contribution in [3.05, 3.63) is 71.4 Å². The normalized spacial score (nSPS) is 11.4. The van der Waals surface area contributed by atoms with Gasteiger partial charge in [-0.1, -0.05) is 57.2 Å². The van der Waals surface area contributed by atoms with E-state index in [1.54, 1.807) is 11.7 Å². The molecule has 1 amide bonds. The van der Waals surface area contributed by atoms with Crippen LogP contribution in [0.3, 0.4) is 0 Å². The van der Waals surface area contributed by atoms with E-state index >= 15 is 0 Å². The van der Waals surface area contributed by atoms with Gasteiger partial charge in [0.2, 0.25) is 0 Å². The van der Waals surface area contributed by atoms with E-state index in [1.807, 2.05) is 37.3 Å². The highest BCUT2D eigenvalue weighted by atomic mass is 16.2. The summed E-state index contributed by atoms with van der Waals surface area (Å²) in [5.74, 6) is -0.164. The summed E-state index contributed by atoms with van der Waals surface area (Å²) in [6.45, 7) is 8.57. The van der Waals surface area contributed by atoms with Crippen molar-refractivity contribution in [3.8, 4) is 11.3 Å². The Hall–Kier alpha value is -2.88. The first kappa shape index (κ1) is 17.9. The summed E-state index contributed by atoms with van der Waals surface area (Å²) in [6.07, 6.45) is 0. The number of benzene rings is 2. The van der Waals surface area contributed by atoms with Crippen LogP contribution in [0.25, 0.3) is 11.3 Å². The predicted octanol–water partition coefficient (Wildman–Crippen LogP) is 4.95. The maximum Gasteiger partial charge on any atom is 0.273 e. The van der Waals surface area contributed by atoms with E-state index in [0.717, 1.165) is 22.5 Å². The Bertz CT molecular complexity index is 931. The van der Waals surface area contributed by atoms with Crippen molar-refractivity contribution in [1.29, 1.82) is 0 Å². The SMILES string of the molecule is Cc1cccc(NC(=O)c2cc(-c3ccc(C(C)(C)C)cc3)nn2C)c1. The molecule has 0 aliphatic heterocycles. The zero-order valence-corrected chi connectivity index (χ0v) is 16.0. The number of amides is 1. The summed E-state index contributed by atoms with van der Waals surface area (Å²) in [6, 6.07) is 17.9. The molecule has 0 aliphatic rings. The Kier molecular flexibility index (Phi) is 4.68. The van der Waals surface area contributed by atoms with Crippen LogP contribution in [-0.4, -0.2) is 15.7 Å². The van der Waals surface area contributed by atoms with Gasteiger partial charge >= 0.3 is 0 Å². The highest BCUT2D eigenvalue weighted by Crippen LogP contribution is 2.26. The molecule has 134 valence electrons. The molecule has 0 saturated heterocycles. The van der Waals surface area contributed by atoms with Crippen molar-refractivity contribution < 1.29 is 4.79 Å². The molecule has 0 radical (unpaired) electrons. The van der Waals surface area contributed by atoms with E-state index in [1.165, 1.54) is 5.56 Å². The van der Waals surface area contributed by atoms with E-state index in [9.17, 15) is 4.79 Å². The molecule has 0 saturated carbocycles. The monoisotopic (exact) mass is 347 g/mol. The molecule has 0 aliphatic carbocycles. The third-order valence-corrected chi connectivity index (χ3v) is 4.44. The first-order chi connectivity index (χ1) is 12.2. The summed E-state index contributed by atoms with van der Waals surface area (Å²) in [7, 11) is 1.79. The van der Waals surface area contributed by atoms with Crippen LogP contribution in [0.5, 0.6) is 0 Å². The lowest BCUT2D eigenvalue weighted by Gasteiger charge is -2.18. The number of aryl methyl sites for hydroxylation is 2. The Morgan fingerprint density at radius 3 is 2.35 bits per heavy atom. The van der Waals surface area contributed by atoms with Crippen LogP contribution in [0.15, 0.2) is 54.6 Å². The smallest absolute Gasteiger partial charge is 0.273 e. The quantitative estimate of drug-likeness (QED) is 0.729. The lowest BCUT2D eigenvalue weighted by atomic mass is 9.86. The van der Waals surface area contributed by atoms with Gasteiger partial charge in [0.1, 0.15) is 5.69 Å². The van der Waals surface area contributed by atoms with Crippen molar-refractivity contribution in [3.63, 3.8) is 0 Å². The lowest BCUT2D eigenvalue weighted by molar-refractivity contribution is 0.101. The van der Waals surface area contributed by atoms with Gasteiger partial charge in [-0.25, -0.2) is 0 Å². The number of anilines is 1. The molecule has 4 heteroatoms. The summed E-state index contributed by atoms with van der Waals surface area (Å²) in [5, 5.41) is 7.44. The summed E-state index contributed by atoms with van der Waals surface area (Å²) < 4.78 is 1.62. The molecule has 2 aromatic carbocycles. The second-order valence-corrected chi connectivity index (χ2v) is 7.69. The minimum atomic E-state index is -0.164. The van der Waals surface area contributed by atoms with Crippen LogP contribution < -0.4 is 5.32 Å². The maximum absolute atomic E-state index is 12.6. The Morgan fingerprint density at radius 1 is 1.04 bits per heavy atom. The van der Waals surface area contributed by atoms with E-state index < -0.39 is 0 Å². The number of rotatable bonds is 3. The van der Waals surface area contributed by atoms with Gasteiger partial charge in [-0.3, -0.25) is 9.48 Å². The first-order valence-electron chi connectivity index (χ1n) is 8.77. The Labute approximate surface area is 154 Å². The largest absolute Gasteiger partial charge is 0.321 e. The molecule has 1 heterocycles. The van der Waals surface area contributed by atoms with Crippen LogP contribution in [0.1, 0.15) is 42.4 Å². The molecular formula is C22H25N3O. The van der Waals surface area contributed by atoms with Crippen molar-refractivity contribution in [1.82, 2.24) is 9.78 Å². The summed E-state index contributed by atoms with van der Waals surface area (Å²) >= 11 is 0. The van der Waals surface area contributed by atoms with Gasteiger partial charge < -0.3 is 5.32 Å². The van der Waals surface area contributed by atoms with Gasteiger partial charge in [0.25, 0.3) is 5.91 Å². The molecule has 3 aromatic rings. The van der Waals surface area contributed by atoms with Crippen LogP contribution >= 0.6 is 0 Å². The standard InChI is InChI=1S/C22H25N3O/c1-15-7-6-8-18(13-15)23-21(26)20-14-19(24-25(20)5)16-9-11-17(12-10-16)22(2,3)4/h6-14H,1-5H3,(H,23,26). The average molecular weight is 347 g/mol. The highest BCUT2D eigenvalue weighted by molar-refractivity contribution is 6.03. The third kappa shape index (κ3) is 3.85. The predicted molar refractivity (Wildman–Crippen MR) is 106 cm³/mol. The van der Waals surface area contributed by atoms with Crippen LogP contribution in [0.4, 0.5) is 5.69 Å². The van der Waals surface area contributed by atoms with Crippen LogP contribution in [0.2, 0.25) is 0 Å². The second kappa shape index (κ2) is 6.79. The van der Waals surface area contributed by atoms with Crippen molar-refractivity contribution in [2.24, 2.45) is 7.05 Å². The zero-order valence-electron chi connectivity index (χ0n) is 16.0. The fourth-order valence-electron chi connectivity index (χ4n) is 2.88. The zero-order chi connectivity index (χ0) is 18.9. The van der Waals surface area contributed by atoms with Gasteiger partial charge in [-0.15, -0.1) is 0 Å². The van der Waals surface area contributed by atoms with Crippen molar-refractivity contribution >= 4 is 11.6 Å². The van der Waals surface area contributed by atoms with Gasteiger partial charge in [-0.05, 0) is 41.7 Å². The van der Waals surface area contributed by atoms with E-state index in [4.69, 9.17) is 0 Å². The van der Waals surface area contributed by atoms with Gasteiger partial charge in [0.05, 0.1) is 5.69 Å². The molecule has 0 unspecified atom stereocenters. The van der Waals surface area contributed by atoms with Crippen LogP contribution in [0, 0.1) is 6.92 Å². The number of carbonyl (C=O) groups is 1. The van der Waals surface area contributed by atoms with Crippen LogP contribution in [-0.2, 0) is 12.5 Å². The average Bonchev–Trinajstić information content (AvgIpc) is 2.96. The summed E-state index contributed by atoms with van der Waals surface area (Å²) in [4.78, 5) is 12.6. The molecule has 0 fully saturated rings. The molecule has 0 atom stereocenters. The van der Waals surface area contributed by atoms with E-state index in [0.29, 0.717) is 5.69 Å². The minimum Gasteiger partial charge on any atom is -0.321 e. The molecule has 0 bridgehead atoms. The van der Waals surface area contributed by atoms with Crippen molar-refractivity contribution in [2.75, 3.05) is 5.32 Å². The van der Waals surface area contributed by atoms with Crippen molar-refractivity contribution in [2.45, 2.75) is 33.1 Å². The Balaban J connectivity index is 1.83. The molecule has 4 nitrogen and oxygen atoms in total. The number of aromatic nitrogens is 2. The third-order valence-electron chi connectivity index (χ3n) is 4.44. The second-order valence-electron chi connectivity index (χ2n) is 7.69. The topological polar surface area (TPSA) is 46.9 Å². The minimum absolute atomic E-state index is 0.113. The van der Waals surface area contributed by atoms with Gasteiger partial charge in [0.15, 0.2) is 0 Å². The molecular weight excluding hydrogens is 322 g/mol. The summed E-state index contributed by atoms with van der Waals surface area (Å²) in [5.41, 5.74) is 5.60. The van der Waals surface area contributed by atoms with E-state index in [2.05, 4.69) is 55.5 Å². The molecule has 1 N–H and O–H groups in total. The molecule has 3 rings (SSSR count). The maximum atomic E-state index is 12.6. The van der Waals surface area contributed by atoms with Gasteiger partial charge in [-0.2, -0.15) is 5.10 Å². The first-order valence-corrected chi connectivity index (χ1v) is 8.77. The Morgan fingerprint density at radius 2 is 1.73 bits per heavy atom.